The van der Waals surface area contributed by atoms with Crippen molar-refractivity contribution in [3.8, 4) is 0 Å². The molecule has 6 heteroatoms. The van der Waals surface area contributed by atoms with Crippen LogP contribution in [0.25, 0.3) is 21.9 Å². The Morgan fingerprint density at radius 3 is 2.68 bits per heavy atom. The summed E-state index contributed by atoms with van der Waals surface area (Å²) in [5.74, 6) is 0.813. The molecule has 0 bridgehead atoms. The smallest absolute Gasteiger partial charge is 0.340 e. The molecule has 3 heterocycles. The van der Waals surface area contributed by atoms with Crippen LogP contribution in [0.5, 0.6) is 0 Å². The van der Waals surface area contributed by atoms with E-state index in [9.17, 15) is 9.59 Å². The van der Waals surface area contributed by atoms with Gasteiger partial charge in [-0.2, -0.15) is 0 Å². The molecule has 0 unspecified atom stereocenters. The van der Waals surface area contributed by atoms with Crippen molar-refractivity contribution in [1.29, 1.82) is 0 Å². The molecular formula is C25H24N2O4. The molecule has 0 atom stereocenters. The highest BCUT2D eigenvalue weighted by Gasteiger charge is 2.23. The average molecular weight is 416 g/mol. The third kappa shape index (κ3) is 3.42. The molecule has 1 N–H and O–H groups in total. The molecular weight excluding hydrogens is 392 g/mol. The monoisotopic (exact) mass is 416 g/mol. The molecule has 0 fully saturated rings. The Balaban J connectivity index is 1.52. The van der Waals surface area contributed by atoms with Gasteiger partial charge in [-0.15, -0.1) is 0 Å². The summed E-state index contributed by atoms with van der Waals surface area (Å²) >= 11 is 0. The van der Waals surface area contributed by atoms with Crippen molar-refractivity contribution < 1.29 is 13.6 Å². The van der Waals surface area contributed by atoms with Gasteiger partial charge >= 0.3 is 5.63 Å². The minimum absolute atomic E-state index is 0.0302. The molecule has 3 aromatic heterocycles. The molecule has 4 aromatic rings. The van der Waals surface area contributed by atoms with Crippen molar-refractivity contribution >= 4 is 27.8 Å². The van der Waals surface area contributed by atoms with E-state index in [0.717, 1.165) is 64.6 Å². The molecule has 1 amide bonds. The molecule has 1 aliphatic rings. The van der Waals surface area contributed by atoms with Crippen LogP contribution in [0.1, 0.15) is 46.5 Å². The van der Waals surface area contributed by atoms with Gasteiger partial charge in [-0.05, 0) is 56.9 Å². The van der Waals surface area contributed by atoms with Crippen molar-refractivity contribution in [3.63, 3.8) is 0 Å². The number of aromatic nitrogens is 1. The normalized spacial score (nSPS) is 13.5. The lowest BCUT2D eigenvalue weighted by molar-refractivity contribution is -0.120. The predicted molar refractivity (Wildman–Crippen MR) is 118 cm³/mol. The van der Waals surface area contributed by atoms with E-state index in [-0.39, 0.29) is 12.3 Å². The standard InChI is InChI=1S/C25H24N2O4/c1-14-18-11-20-17-8-3-4-9-21(17)30-24(20)15(2)23(18)31-25(29)19(14)12-22(28)27-13-16-7-5-6-10-26-16/h5-7,10-11H,3-4,8-9,12-13H2,1-2H3,(H,27,28). The minimum Gasteiger partial charge on any atom is -0.460 e. The number of benzene rings is 1. The summed E-state index contributed by atoms with van der Waals surface area (Å²) in [6.07, 6.45) is 5.90. The number of aryl methyl sites for hydroxylation is 4. The van der Waals surface area contributed by atoms with Gasteiger partial charge in [0.1, 0.15) is 16.9 Å². The van der Waals surface area contributed by atoms with Crippen LogP contribution in [0.3, 0.4) is 0 Å². The van der Waals surface area contributed by atoms with Crippen LogP contribution in [-0.4, -0.2) is 10.9 Å². The van der Waals surface area contributed by atoms with Crippen LogP contribution in [0.2, 0.25) is 0 Å². The van der Waals surface area contributed by atoms with Crippen LogP contribution in [0.15, 0.2) is 44.1 Å². The van der Waals surface area contributed by atoms with Crippen LogP contribution in [-0.2, 0) is 30.6 Å². The second-order valence-corrected chi connectivity index (χ2v) is 8.23. The first-order chi connectivity index (χ1) is 15.0. The minimum atomic E-state index is -0.475. The first-order valence-electron chi connectivity index (χ1n) is 10.7. The molecule has 6 nitrogen and oxygen atoms in total. The van der Waals surface area contributed by atoms with E-state index in [1.807, 2.05) is 32.0 Å². The number of rotatable bonds is 4. The maximum atomic E-state index is 12.8. The lowest BCUT2D eigenvalue weighted by Crippen LogP contribution is -2.27. The van der Waals surface area contributed by atoms with Crippen molar-refractivity contribution in [2.75, 3.05) is 0 Å². The molecule has 0 spiro atoms. The van der Waals surface area contributed by atoms with Gasteiger partial charge in [0, 0.05) is 34.5 Å². The first kappa shape index (κ1) is 19.5. The summed E-state index contributed by atoms with van der Waals surface area (Å²) in [5.41, 5.74) is 4.93. The van der Waals surface area contributed by atoms with E-state index >= 15 is 0 Å². The van der Waals surface area contributed by atoms with Gasteiger partial charge in [0.25, 0.3) is 0 Å². The quantitative estimate of drug-likeness (QED) is 0.502. The van der Waals surface area contributed by atoms with Crippen molar-refractivity contribution in [1.82, 2.24) is 10.3 Å². The fourth-order valence-electron chi connectivity index (χ4n) is 4.54. The molecule has 0 aliphatic heterocycles. The molecule has 0 saturated heterocycles. The highest BCUT2D eigenvalue weighted by Crippen LogP contribution is 2.37. The van der Waals surface area contributed by atoms with E-state index in [1.165, 1.54) is 5.56 Å². The maximum Gasteiger partial charge on any atom is 0.340 e. The number of nitrogens with one attached hydrogen (secondary N) is 1. The Labute approximate surface area is 179 Å². The highest BCUT2D eigenvalue weighted by atomic mass is 16.4. The number of carbonyl (C=O) groups excluding carboxylic acids is 1. The average Bonchev–Trinajstić information content (AvgIpc) is 3.16. The van der Waals surface area contributed by atoms with Gasteiger partial charge in [-0.25, -0.2) is 4.79 Å². The van der Waals surface area contributed by atoms with E-state index in [4.69, 9.17) is 8.83 Å². The summed E-state index contributed by atoms with van der Waals surface area (Å²) in [7, 11) is 0. The second-order valence-electron chi connectivity index (χ2n) is 8.23. The fraction of sp³-hybridized carbons (Fsp3) is 0.320. The number of hydrogen-bond acceptors (Lipinski definition) is 5. The van der Waals surface area contributed by atoms with Crippen LogP contribution < -0.4 is 10.9 Å². The molecule has 31 heavy (non-hydrogen) atoms. The zero-order valence-corrected chi connectivity index (χ0v) is 17.7. The Kier molecular flexibility index (Phi) is 4.85. The Morgan fingerprint density at radius 1 is 1.06 bits per heavy atom. The number of hydrogen-bond donors (Lipinski definition) is 1. The zero-order chi connectivity index (χ0) is 21.5. The molecule has 0 radical (unpaired) electrons. The lowest BCUT2D eigenvalue weighted by Gasteiger charge is -2.11. The largest absolute Gasteiger partial charge is 0.460 e. The number of amides is 1. The second kappa shape index (κ2) is 7.69. The van der Waals surface area contributed by atoms with Gasteiger partial charge < -0.3 is 14.2 Å². The molecule has 1 aromatic carbocycles. The Morgan fingerprint density at radius 2 is 1.87 bits per heavy atom. The van der Waals surface area contributed by atoms with Gasteiger partial charge in [0.15, 0.2) is 0 Å². The van der Waals surface area contributed by atoms with Gasteiger partial charge in [-0.3, -0.25) is 9.78 Å². The van der Waals surface area contributed by atoms with E-state index < -0.39 is 5.63 Å². The third-order valence-corrected chi connectivity index (χ3v) is 6.25. The molecule has 1 aliphatic carbocycles. The van der Waals surface area contributed by atoms with Crippen LogP contribution in [0, 0.1) is 13.8 Å². The van der Waals surface area contributed by atoms with Crippen molar-refractivity contribution in [2.24, 2.45) is 0 Å². The summed E-state index contributed by atoms with van der Waals surface area (Å²) in [5, 5.41) is 4.80. The fourth-order valence-corrected chi connectivity index (χ4v) is 4.54. The van der Waals surface area contributed by atoms with Gasteiger partial charge in [0.2, 0.25) is 5.91 Å². The third-order valence-electron chi connectivity index (χ3n) is 6.25. The molecule has 158 valence electrons. The maximum absolute atomic E-state index is 12.8. The number of pyridine rings is 1. The Hall–Kier alpha value is -3.41. The topological polar surface area (TPSA) is 85.3 Å². The van der Waals surface area contributed by atoms with E-state index in [0.29, 0.717) is 17.7 Å². The van der Waals surface area contributed by atoms with Crippen molar-refractivity contribution in [3.05, 3.63) is 74.6 Å². The SMILES string of the molecule is Cc1c(CC(=O)NCc2ccccn2)c(=O)oc2c(C)c3oc4c(c3cc12)CCCC4. The summed E-state index contributed by atoms with van der Waals surface area (Å²) in [6, 6.07) is 7.60. The van der Waals surface area contributed by atoms with E-state index in [1.54, 1.807) is 6.20 Å². The number of furan rings is 1. The zero-order valence-electron chi connectivity index (χ0n) is 17.7. The molecule has 0 saturated carbocycles. The molecule has 5 rings (SSSR count). The number of fused-ring (bicyclic) bond motifs is 4. The summed E-state index contributed by atoms with van der Waals surface area (Å²) < 4.78 is 11.8. The Bertz CT molecular complexity index is 1370. The summed E-state index contributed by atoms with van der Waals surface area (Å²) in [6.45, 7) is 4.14. The van der Waals surface area contributed by atoms with Gasteiger partial charge in [0.05, 0.1) is 24.2 Å². The predicted octanol–water partition coefficient (Wildman–Crippen LogP) is 4.29. The highest BCUT2D eigenvalue weighted by molar-refractivity contribution is 6.00. The van der Waals surface area contributed by atoms with Crippen LogP contribution in [0.4, 0.5) is 0 Å². The number of carbonyl (C=O) groups is 1. The van der Waals surface area contributed by atoms with Crippen LogP contribution >= 0.6 is 0 Å². The van der Waals surface area contributed by atoms with E-state index in [2.05, 4.69) is 16.4 Å². The van der Waals surface area contributed by atoms with Crippen molar-refractivity contribution in [2.45, 2.75) is 52.5 Å². The van der Waals surface area contributed by atoms with Gasteiger partial charge in [-0.1, -0.05) is 6.07 Å². The summed E-state index contributed by atoms with van der Waals surface area (Å²) in [4.78, 5) is 29.5. The number of nitrogens with zero attached hydrogens (tertiary/aromatic N) is 1. The lowest BCUT2D eigenvalue weighted by atomic mass is 9.93. The first-order valence-corrected chi connectivity index (χ1v) is 10.7.